The Bertz CT molecular complexity index is 384. The van der Waals surface area contributed by atoms with Gasteiger partial charge in [0.05, 0.1) is 38.3 Å². The summed E-state index contributed by atoms with van der Waals surface area (Å²) < 4.78 is 16.9. The fourth-order valence-corrected chi connectivity index (χ4v) is 5.48. The molecule has 4 nitrogen and oxygen atoms in total. The zero-order valence-electron chi connectivity index (χ0n) is 11.0. The van der Waals surface area contributed by atoms with E-state index in [0.29, 0.717) is 35.1 Å². The van der Waals surface area contributed by atoms with E-state index in [0.717, 1.165) is 18.4 Å². The summed E-state index contributed by atoms with van der Waals surface area (Å²) in [5.74, 6) is 2.37. The van der Waals surface area contributed by atoms with Gasteiger partial charge >= 0.3 is 5.97 Å². The predicted molar refractivity (Wildman–Crippen MR) is 77.9 cm³/mol. The topological polar surface area (TPSA) is 44.8 Å². The van der Waals surface area contributed by atoms with Gasteiger partial charge in [-0.15, -0.1) is 0 Å². The Hall–Kier alpha value is -0.300. The highest BCUT2D eigenvalue weighted by Crippen LogP contribution is 2.59. The molecule has 0 aromatic heterocycles. The van der Waals surface area contributed by atoms with E-state index in [4.69, 9.17) is 14.2 Å². The van der Waals surface area contributed by atoms with Crippen LogP contribution < -0.4 is 0 Å². The van der Waals surface area contributed by atoms with Gasteiger partial charge in [0.2, 0.25) is 0 Å². The molecule has 1 heterocycles. The second kappa shape index (κ2) is 5.60. The van der Waals surface area contributed by atoms with Gasteiger partial charge in [-0.05, 0) is 31.1 Å². The second-order valence-corrected chi connectivity index (χ2v) is 6.96. The van der Waals surface area contributed by atoms with Gasteiger partial charge in [-0.2, -0.15) is 0 Å². The van der Waals surface area contributed by atoms with E-state index >= 15 is 0 Å². The lowest BCUT2D eigenvalue weighted by Gasteiger charge is -2.29. The number of halogens is 1. The molecule has 3 fully saturated rings. The van der Waals surface area contributed by atoms with Gasteiger partial charge in [0.25, 0.3) is 0 Å². The van der Waals surface area contributed by atoms with Gasteiger partial charge in [0.15, 0.2) is 0 Å². The van der Waals surface area contributed by atoms with Crippen LogP contribution in [0.5, 0.6) is 0 Å². The van der Waals surface area contributed by atoms with Crippen molar-refractivity contribution in [2.45, 2.75) is 23.4 Å². The molecule has 2 aliphatic carbocycles. The van der Waals surface area contributed by atoms with Crippen LogP contribution in [0.25, 0.3) is 0 Å². The maximum absolute atomic E-state index is 11.1. The molecule has 0 unspecified atom stereocenters. The van der Waals surface area contributed by atoms with Gasteiger partial charge in [0, 0.05) is 9.84 Å². The van der Waals surface area contributed by atoms with Gasteiger partial charge in [-0.1, -0.05) is 22.6 Å². The maximum atomic E-state index is 11.1. The van der Waals surface area contributed by atoms with Crippen molar-refractivity contribution in [3.8, 4) is 0 Å². The van der Waals surface area contributed by atoms with E-state index in [-0.39, 0.29) is 5.97 Å². The highest BCUT2D eigenvalue weighted by molar-refractivity contribution is 14.1. The van der Waals surface area contributed by atoms with Crippen LogP contribution in [0.4, 0.5) is 0 Å². The van der Waals surface area contributed by atoms with Gasteiger partial charge in [-0.25, -0.2) is 4.79 Å². The summed E-state index contributed by atoms with van der Waals surface area (Å²) >= 11 is 2.54. The zero-order chi connectivity index (χ0) is 13.4. The Labute approximate surface area is 127 Å². The third kappa shape index (κ3) is 2.39. The van der Waals surface area contributed by atoms with E-state index in [1.54, 1.807) is 6.92 Å². The molecule has 2 bridgehead atoms. The molecule has 6 atom stereocenters. The van der Waals surface area contributed by atoms with Crippen molar-refractivity contribution >= 4 is 28.6 Å². The van der Waals surface area contributed by atoms with Crippen LogP contribution in [0.3, 0.4) is 0 Å². The van der Waals surface area contributed by atoms with Crippen molar-refractivity contribution in [1.82, 2.24) is 0 Å². The molecule has 0 aromatic carbocycles. The van der Waals surface area contributed by atoms with Crippen LogP contribution in [-0.4, -0.2) is 35.8 Å². The smallest absolute Gasteiger partial charge is 0.333 e. The lowest BCUT2D eigenvalue weighted by molar-refractivity contribution is -0.137. The Kier molecular flexibility index (Phi) is 4.03. The summed E-state index contributed by atoms with van der Waals surface area (Å²) in [5.41, 5.74) is 0. The first-order valence-corrected chi connectivity index (χ1v) is 8.17. The summed E-state index contributed by atoms with van der Waals surface area (Å²) in [4.78, 5) is 11.1. The highest BCUT2D eigenvalue weighted by Gasteiger charge is 2.61. The summed E-state index contributed by atoms with van der Waals surface area (Å²) in [7, 11) is 0. The van der Waals surface area contributed by atoms with Gasteiger partial charge in [0.1, 0.15) is 0 Å². The Morgan fingerprint density at radius 1 is 1.42 bits per heavy atom. The minimum atomic E-state index is -0.341. The largest absolute Gasteiger partial charge is 0.501 e. The third-order valence-electron chi connectivity index (χ3n) is 4.70. The fraction of sp³-hybridized carbons (Fsp3) is 0.786. The highest BCUT2D eigenvalue weighted by atomic mass is 127. The molecule has 0 spiro atoms. The maximum Gasteiger partial charge on any atom is 0.333 e. The van der Waals surface area contributed by atoms with Crippen molar-refractivity contribution in [3.63, 3.8) is 0 Å². The number of hydrogen-bond acceptors (Lipinski definition) is 4. The van der Waals surface area contributed by atoms with E-state index in [1.807, 2.05) is 0 Å². The molecule has 1 aliphatic heterocycles. The lowest BCUT2D eigenvalue weighted by atomic mass is 9.81. The van der Waals surface area contributed by atoms with Crippen molar-refractivity contribution in [2.24, 2.45) is 23.7 Å². The van der Waals surface area contributed by atoms with Crippen molar-refractivity contribution in [2.75, 3.05) is 19.8 Å². The summed E-state index contributed by atoms with van der Waals surface area (Å²) in [6, 6.07) is 0. The molecule has 0 aromatic rings. The number of hydrogen-bond donors (Lipinski definition) is 0. The molecular weight excluding hydrogens is 359 g/mol. The van der Waals surface area contributed by atoms with E-state index in [9.17, 15) is 4.79 Å². The molecule has 0 N–H and O–H groups in total. The molecule has 2 saturated carbocycles. The Morgan fingerprint density at radius 2 is 2.26 bits per heavy atom. The second-order valence-electron chi connectivity index (χ2n) is 5.52. The molecule has 3 aliphatic rings. The normalized spacial score (nSPS) is 43.1. The lowest BCUT2D eigenvalue weighted by Crippen LogP contribution is -2.35. The summed E-state index contributed by atoms with van der Waals surface area (Å²) in [6.07, 6.45) is 4.60. The van der Waals surface area contributed by atoms with Crippen LogP contribution in [0.1, 0.15) is 13.3 Å². The fourth-order valence-electron chi connectivity index (χ4n) is 3.92. The summed E-state index contributed by atoms with van der Waals surface area (Å²) in [6.45, 7) is 3.77. The molecular formula is C14H19IO4. The van der Waals surface area contributed by atoms with Crippen LogP contribution >= 0.6 is 22.6 Å². The minimum Gasteiger partial charge on any atom is -0.501 e. The zero-order valence-corrected chi connectivity index (χ0v) is 13.1. The first-order chi connectivity index (χ1) is 9.22. The van der Waals surface area contributed by atoms with Crippen molar-refractivity contribution < 1.29 is 19.0 Å². The monoisotopic (exact) mass is 378 g/mol. The number of ether oxygens (including phenoxy) is 3. The van der Waals surface area contributed by atoms with E-state index in [2.05, 4.69) is 22.6 Å². The van der Waals surface area contributed by atoms with Gasteiger partial charge < -0.3 is 14.2 Å². The SMILES string of the molecule is CCOC(=O)/C=C/OC[C@@H]1[C@@H]2CO[C@@H]3[C@@H](I)[C@H]1C[C@H]23. The molecule has 3 rings (SSSR count). The third-order valence-corrected chi connectivity index (χ3v) is 6.33. The molecule has 106 valence electrons. The Balaban J connectivity index is 1.50. The van der Waals surface area contributed by atoms with Crippen LogP contribution in [-0.2, 0) is 19.0 Å². The minimum absolute atomic E-state index is 0.341. The molecule has 0 amide bonds. The first-order valence-electron chi connectivity index (χ1n) is 6.93. The number of fused-ring (bicyclic) bond motifs is 1. The molecule has 19 heavy (non-hydrogen) atoms. The van der Waals surface area contributed by atoms with Crippen LogP contribution in [0.2, 0.25) is 0 Å². The molecule has 0 radical (unpaired) electrons. The van der Waals surface area contributed by atoms with E-state index < -0.39 is 0 Å². The number of esters is 1. The van der Waals surface area contributed by atoms with Crippen molar-refractivity contribution in [1.29, 1.82) is 0 Å². The average Bonchev–Trinajstić information content (AvgIpc) is 2.98. The van der Waals surface area contributed by atoms with Crippen LogP contribution in [0, 0.1) is 23.7 Å². The standard InChI is InChI=1S/C14H19IO4/c1-2-18-12(16)3-4-17-6-10-8-5-9-11(10)7-19-14(9)13(8)15/h3-4,8-11,13-14H,2,5-7H2,1H3/b4-3+/t8-,9+,10-,11+,13-,14-/m0/s1. The number of alkyl halides is 1. The number of carbonyl (C=O) groups is 1. The molecule has 1 saturated heterocycles. The van der Waals surface area contributed by atoms with Crippen LogP contribution in [0.15, 0.2) is 12.3 Å². The Morgan fingerprint density at radius 3 is 3.05 bits per heavy atom. The molecule has 5 heteroatoms. The average molecular weight is 378 g/mol. The predicted octanol–water partition coefficient (Wildman–Crippen LogP) is 2.16. The summed E-state index contributed by atoms with van der Waals surface area (Å²) in [5, 5.41) is 0. The number of rotatable bonds is 5. The van der Waals surface area contributed by atoms with Gasteiger partial charge in [-0.3, -0.25) is 0 Å². The van der Waals surface area contributed by atoms with Crippen molar-refractivity contribution in [3.05, 3.63) is 12.3 Å². The first kappa shape index (κ1) is 13.7. The number of carbonyl (C=O) groups excluding carboxylic acids is 1. The van der Waals surface area contributed by atoms with E-state index in [1.165, 1.54) is 18.8 Å². The quantitative estimate of drug-likeness (QED) is 0.242.